The van der Waals surface area contributed by atoms with Crippen LogP contribution in [-0.2, 0) is 14.3 Å². The van der Waals surface area contributed by atoms with Crippen molar-refractivity contribution in [3.63, 3.8) is 0 Å². The summed E-state index contributed by atoms with van der Waals surface area (Å²) in [5, 5.41) is -0.184. The fourth-order valence-electron chi connectivity index (χ4n) is 4.03. The molecule has 1 aliphatic heterocycles. The Hall–Kier alpha value is -0.0900. The molecule has 2 aliphatic carbocycles. The Morgan fingerprint density at radius 1 is 1.21 bits per heavy atom. The van der Waals surface area contributed by atoms with Gasteiger partial charge in [0.25, 0.3) is 10.1 Å². The second-order valence-electron chi connectivity index (χ2n) is 5.50. The monoisotopic (exact) mass is 216 g/mol. The first kappa shape index (κ1) is 9.16. The molecule has 2 saturated carbocycles. The van der Waals surface area contributed by atoms with Gasteiger partial charge >= 0.3 is 0 Å². The third-order valence-electron chi connectivity index (χ3n) is 4.31. The summed E-state index contributed by atoms with van der Waals surface area (Å²) in [7, 11) is -3.26. The Morgan fingerprint density at radius 2 is 1.86 bits per heavy atom. The third-order valence-corrected chi connectivity index (χ3v) is 6.31. The predicted molar refractivity (Wildman–Crippen MR) is 52.2 cm³/mol. The van der Waals surface area contributed by atoms with Crippen LogP contribution < -0.4 is 0 Å². The summed E-state index contributed by atoms with van der Waals surface area (Å²) >= 11 is 0. The average Bonchev–Trinajstić information content (AvgIpc) is 2.61. The van der Waals surface area contributed by atoms with Crippen LogP contribution in [0.4, 0.5) is 0 Å². The smallest absolute Gasteiger partial charge is 0.263 e. The SMILES string of the molecule is CC1(C)OS(=O)(=O)C2C3CCC(C3)C21. The van der Waals surface area contributed by atoms with E-state index in [1.807, 2.05) is 13.8 Å². The molecule has 80 valence electrons. The summed E-state index contributed by atoms with van der Waals surface area (Å²) in [6.45, 7) is 3.85. The van der Waals surface area contributed by atoms with Gasteiger partial charge in [-0.2, -0.15) is 8.42 Å². The Bertz CT molecular complexity index is 371. The molecule has 0 radical (unpaired) electrons. The zero-order valence-electron chi connectivity index (χ0n) is 8.56. The lowest BCUT2D eigenvalue weighted by molar-refractivity contribution is 0.0614. The number of hydrogen-bond donors (Lipinski definition) is 0. The molecule has 0 N–H and O–H groups in total. The second kappa shape index (κ2) is 2.35. The molecule has 1 heterocycles. The van der Waals surface area contributed by atoms with Gasteiger partial charge in [0.05, 0.1) is 10.9 Å². The zero-order valence-corrected chi connectivity index (χ0v) is 9.38. The molecular formula is C10H16O3S. The largest absolute Gasteiger partial charge is 0.271 e. The maximum atomic E-state index is 11.8. The molecule has 3 fully saturated rings. The normalized spacial score (nSPS) is 52.1. The summed E-state index contributed by atoms with van der Waals surface area (Å²) in [6.07, 6.45) is 3.40. The molecule has 14 heavy (non-hydrogen) atoms. The fourth-order valence-corrected chi connectivity index (χ4v) is 6.48. The van der Waals surface area contributed by atoms with Crippen LogP contribution in [0.25, 0.3) is 0 Å². The van der Waals surface area contributed by atoms with Gasteiger partial charge in [-0.3, -0.25) is 4.18 Å². The van der Waals surface area contributed by atoms with Crippen molar-refractivity contribution in [2.45, 2.75) is 44.0 Å². The molecule has 0 amide bonds. The molecule has 0 aromatic heterocycles. The highest BCUT2D eigenvalue weighted by Gasteiger charge is 2.64. The van der Waals surface area contributed by atoms with E-state index in [1.54, 1.807) is 0 Å². The topological polar surface area (TPSA) is 43.4 Å². The molecule has 3 nitrogen and oxygen atoms in total. The van der Waals surface area contributed by atoms with E-state index >= 15 is 0 Å². The molecule has 3 aliphatic rings. The lowest BCUT2D eigenvalue weighted by Crippen LogP contribution is -2.36. The van der Waals surface area contributed by atoms with Crippen molar-refractivity contribution in [3.05, 3.63) is 0 Å². The molecule has 0 spiro atoms. The van der Waals surface area contributed by atoms with E-state index in [0.29, 0.717) is 11.8 Å². The van der Waals surface area contributed by atoms with Crippen LogP contribution in [0.2, 0.25) is 0 Å². The molecule has 1 saturated heterocycles. The van der Waals surface area contributed by atoms with Crippen LogP contribution in [0.3, 0.4) is 0 Å². The molecule has 3 rings (SSSR count). The summed E-state index contributed by atoms with van der Waals surface area (Å²) < 4.78 is 28.9. The summed E-state index contributed by atoms with van der Waals surface area (Å²) in [4.78, 5) is 0. The third kappa shape index (κ3) is 0.936. The molecule has 4 atom stereocenters. The van der Waals surface area contributed by atoms with Crippen LogP contribution in [-0.4, -0.2) is 19.3 Å². The lowest BCUT2D eigenvalue weighted by atomic mass is 9.78. The first-order chi connectivity index (χ1) is 6.42. The van der Waals surface area contributed by atoms with Gasteiger partial charge in [0.1, 0.15) is 0 Å². The highest BCUT2D eigenvalue weighted by molar-refractivity contribution is 7.87. The maximum Gasteiger partial charge on any atom is 0.271 e. The van der Waals surface area contributed by atoms with Gasteiger partial charge in [0.15, 0.2) is 0 Å². The lowest BCUT2D eigenvalue weighted by Gasteiger charge is -2.29. The minimum Gasteiger partial charge on any atom is -0.263 e. The minimum absolute atomic E-state index is 0.184. The van der Waals surface area contributed by atoms with Gasteiger partial charge in [-0.05, 0) is 44.9 Å². The van der Waals surface area contributed by atoms with E-state index in [0.717, 1.165) is 12.8 Å². The van der Waals surface area contributed by atoms with E-state index in [9.17, 15) is 8.42 Å². The van der Waals surface area contributed by atoms with Crippen LogP contribution in [0.5, 0.6) is 0 Å². The van der Waals surface area contributed by atoms with Crippen molar-refractivity contribution < 1.29 is 12.6 Å². The van der Waals surface area contributed by atoms with E-state index in [1.165, 1.54) is 6.42 Å². The van der Waals surface area contributed by atoms with Crippen molar-refractivity contribution in [2.24, 2.45) is 17.8 Å². The van der Waals surface area contributed by atoms with Gasteiger partial charge < -0.3 is 0 Å². The Balaban J connectivity index is 2.11. The quantitative estimate of drug-likeness (QED) is 0.577. The van der Waals surface area contributed by atoms with E-state index in [4.69, 9.17) is 4.18 Å². The zero-order chi connectivity index (χ0) is 10.1. The first-order valence-corrected chi connectivity index (χ1v) is 6.83. The molecule has 0 aromatic rings. The van der Waals surface area contributed by atoms with Gasteiger partial charge in [-0.15, -0.1) is 0 Å². The summed E-state index contributed by atoms with van der Waals surface area (Å²) in [6, 6.07) is 0. The minimum atomic E-state index is -3.26. The molecule has 2 bridgehead atoms. The van der Waals surface area contributed by atoms with Crippen molar-refractivity contribution in [2.75, 3.05) is 0 Å². The predicted octanol–water partition coefficient (Wildman–Crippen LogP) is 1.54. The Labute approximate surface area is 85.0 Å². The fraction of sp³-hybridized carbons (Fsp3) is 1.00. The molecular weight excluding hydrogens is 200 g/mol. The Morgan fingerprint density at radius 3 is 2.50 bits per heavy atom. The standard InChI is InChI=1S/C10H16O3S/c1-10(2)8-6-3-4-7(5-6)9(8)14(11,12)13-10/h6-9H,3-5H2,1-2H3. The van der Waals surface area contributed by atoms with Crippen molar-refractivity contribution in [1.82, 2.24) is 0 Å². The second-order valence-corrected chi connectivity index (χ2v) is 7.20. The van der Waals surface area contributed by atoms with Crippen LogP contribution in [0.1, 0.15) is 33.1 Å². The Kier molecular flexibility index (Phi) is 1.54. The van der Waals surface area contributed by atoms with E-state index in [-0.39, 0.29) is 11.2 Å². The van der Waals surface area contributed by atoms with E-state index in [2.05, 4.69) is 0 Å². The van der Waals surface area contributed by atoms with Crippen LogP contribution in [0, 0.1) is 17.8 Å². The first-order valence-electron chi connectivity index (χ1n) is 5.36. The number of rotatable bonds is 0. The number of fused-ring (bicyclic) bond motifs is 5. The molecule has 0 aromatic carbocycles. The highest BCUT2D eigenvalue weighted by Crippen LogP contribution is 2.59. The highest BCUT2D eigenvalue weighted by atomic mass is 32.2. The average molecular weight is 216 g/mol. The van der Waals surface area contributed by atoms with Gasteiger partial charge in [0, 0.05) is 5.92 Å². The van der Waals surface area contributed by atoms with Crippen molar-refractivity contribution in [3.8, 4) is 0 Å². The maximum absolute atomic E-state index is 11.8. The summed E-state index contributed by atoms with van der Waals surface area (Å²) in [5.41, 5.74) is -0.455. The molecule has 4 unspecified atom stereocenters. The van der Waals surface area contributed by atoms with Gasteiger partial charge in [-0.25, -0.2) is 0 Å². The molecule has 4 heteroatoms. The number of hydrogen-bond acceptors (Lipinski definition) is 3. The van der Waals surface area contributed by atoms with Gasteiger partial charge in [0.2, 0.25) is 0 Å². The van der Waals surface area contributed by atoms with Crippen LogP contribution >= 0.6 is 0 Å². The van der Waals surface area contributed by atoms with Crippen molar-refractivity contribution >= 4 is 10.1 Å². The summed E-state index contributed by atoms with van der Waals surface area (Å²) in [5.74, 6) is 1.24. The van der Waals surface area contributed by atoms with E-state index < -0.39 is 15.7 Å². The van der Waals surface area contributed by atoms with Crippen molar-refractivity contribution in [1.29, 1.82) is 0 Å². The van der Waals surface area contributed by atoms with Crippen LogP contribution in [0.15, 0.2) is 0 Å². The van der Waals surface area contributed by atoms with Gasteiger partial charge in [-0.1, -0.05) is 0 Å².